The lowest BCUT2D eigenvalue weighted by Gasteiger charge is -2.38. The summed E-state index contributed by atoms with van der Waals surface area (Å²) in [4.78, 5) is 0. The SMILES string of the molecule is Cc1cn(C2CCNCC2(C)C)nn1. The third-order valence-electron chi connectivity index (χ3n) is 3.02. The van der Waals surface area contributed by atoms with Crippen molar-refractivity contribution < 1.29 is 0 Å². The van der Waals surface area contributed by atoms with Gasteiger partial charge in [0.2, 0.25) is 0 Å². The van der Waals surface area contributed by atoms with Crippen molar-refractivity contribution in [2.45, 2.75) is 33.2 Å². The first-order valence-electron chi connectivity index (χ1n) is 5.19. The lowest BCUT2D eigenvalue weighted by Crippen LogP contribution is -2.44. The fraction of sp³-hybridized carbons (Fsp3) is 0.800. The molecule has 1 aliphatic rings. The lowest BCUT2D eigenvalue weighted by atomic mass is 9.80. The Morgan fingerprint density at radius 3 is 2.93 bits per heavy atom. The van der Waals surface area contributed by atoms with Crippen molar-refractivity contribution in [2.75, 3.05) is 13.1 Å². The molecule has 0 radical (unpaired) electrons. The number of aryl methyl sites for hydroxylation is 1. The molecule has 4 heteroatoms. The molecule has 4 nitrogen and oxygen atoms in total. The summed E-state index contributed by atoms with van der Waals surface area (Å²) in [5.41, 5.74) is 1.26. The molecule has 78 valence electrons. The average Bonchev–Trinajstić information content (AvgIpc) is 2.51. The molecule has 1 fully saturated rings. The van der Waals surface area contributed by atoms with Gasteiger partial charge >= 0.3 is 0 Å². The standard InChI is InChI=1S/C10H18N4/c1-8-6-14(13-12-8)9-4-5-11-7-10(9,2)3/h6,9,11H,4-5,7H2,1-3H3. The van der Waals surface area contributed by atoms with E-state index in [4.69, 9.17) is 0 Å². The van der Waals surface area contributed by atoms with Gasteiger partial charge in [-0.05, 0) is 25.3 Å². The van der Waals surface area contributed by atoms with Gasteiger partial charge in [0.15, 0.2) is 0 Å². The molecule has 0 spiro atoms. The Hall–Kier alpha value is -0.900. The summed E-state index contributed by atoms with van der Waals surface area (Å²) in [6.45, 7) is 8.67. The molecule has 0 saturated carbocycles. The lowest BCUT2D eigenvalue weighted by molar-refractivity contribution is 0.147. The second kappa shape index (κ2) is 3.35. The summed E-state index contributed by atoms with van der Waals surface area (Å²) < 4.78 is 2.02. The van der Waals surface area contributed by atoms with Crippen molar-refractivity contribution in [1.82, 2.24) is 20.3 Å². The third-order valence-corrected chi connectivity index (χ3v) is 3.02. The van der Waals surface area contributed by atoms with Gasteiger partial charge in [0.25, 0.3) is 0 Å². The fourth-order valence-electron chi connectivity index (χ4n) is 2.17. The van der Waals surface area contributed by atoms with E-state index in [1.54, 1.807) is 0 Å². The highest BCUT2D eigenvalue weighted by Crippen LogP contribution is 2.34. The van der Waals surface area contributed by atoms with Crippen LogP contribution >= 0.6 is 0 Å². The zero-order valence-electron chi connectivity index (χ0n) is 9.12. The normalized spacial score (nSPS) is 26.4. The number of hydrogen-bond acceptors (Lipinski definition) is 3. The van der Waals surface area contributed by atoms with Crippen molar-refractivity contribution >= 4 is 0 Å². The van der Waals surface area contributed by atoms with Gasteiger partial charge in [-0.25, -0.2) is 4.68 Å². The molecular formula is C10H18N4. The van der Waals surface area contributed by atoms with Gasteiger partial charge in [0.1, 0.15) is 0 Å². The van der Waals surface area contributed by atoms with E-state index in [1.165, 1.54) is 0 Å². The zero-order chi connectivity index (χ0) is 10.2. The highest BCUT2D eigenvalue weighted by molar-refractivity contribution is 4.94. The van der Waals surface area contributed by atoms with Crippen LogP contribution in [0.25, 0.3) is 0 Å². The quantitative estimate of drug-likeness (QED) is 0.729. The van der Waals surface area contributed by atoms with E-state index in [2.05, 4.69) is 29.5 Å². The number of aromatic nitrogens is 3. The molecule has 0 aliphatic carbocycles. The number of piperidine rings is 1. The Balaban J connectivity index is 2.23. The van der Waals surface area contributed by atoms with Crippen LogP contribution in [0.3, 0.4) is 0 Å². The maximum atomic E-state index is 4.17. The summed E-state index contributed by atoms with van der Waals surface area (Å²) in [7, 11) is 0. The van der Waals surface area contributed by atoms with Gasteiger partial charge in [-0.1, -0.05) is 19.1 Å². The van der Waals surface area contributed by atoms with Crippen molar-refractivity contribution in [3.63, 3.8) is 0 Å². The van der Waals surface area contributed by atoms with Crippen LogP contribution in [0.1, 0.15) is 32.0 Å². The first-order valence-corrected chi connectivity index (χ1v) is 5.19. The Morgan fingerprint density at radius 1 is 1.57 bits per heavy atom. The predicted octanol–water partition coefficient (Wildman–Crippen LogP) is 1.15. The van der Waals surface area contributed by atoms with Gasteiger partial charge < -0.3 is 5.32 Å². The summed E-state index contributed by atoms with van der Waals surface area (Å²) in [6.07, 6.45) is 3.17. The smallest absolute Gasteiger partial charge is 0.0796 e. The van der Waals surface area contributed by atoms with Crippen molar-refractivity contribution in [3.8, 4) is 0 Å². The minimum absolute atomic E-state index is 0.262. The fourth-order valence-corrected chi connectivity index (χ4v) is 2.17. The van der Waals surface area contributed by atoms with Crippen LogP contribution in [0.5, 0.6) is 0 Å². The van der Waals surface area contributed by atoms with Crippen molar-refractivity contribution in [2.24, 2.45) is 5.41 Å². The highest BCUT2D eigenvalue weighted by atomic mass is 15.4. The molecule has 2 heterocycles. The molecule has 2 rings (SSSR count). The Bertz CT molecular complexity index is 316. The Morgan fingerprint density at radius 2 is 2.36 bits per heavy atom. The number of rotatable bonds is 1. The topological polar surface area (TPSA) is 42.7 Å². The predicted molar refractivity (Wildman–Crippen MR) is 55.1 cm³/mol. The van der Waals surface area contributed by atoms with Crippen LogP contribution in [0.4, 0.5) is 0 Å². The minimum Gasteiger partial charge on any atom is -0.316 e. The van der Waals surface area contributed by atoms with Crippen LogP contribution in [0, 0.1) is 12.3 Å². The molecule has 1 aliphatic heterocycles. The zero-order valence-corrected chi connectivity index (χ0v) is 9.12. The summed E-state index contributed by atoms with van der Waals surface area (Å²) in [5, 5.41) is 11.6. The Kier molecular flexibility index (Phi) is 2.31. The molecule has 1 N–H and O–H groups in total. The monoisotopic (exact) mass is 194 g/mol. The van der Waals surface area contributed by atoms with E-state index < -0.39 is 0 Å². The van der Waals surface area contributed by atoms with Gasteiger partial charge in [-0.2, -0.15) is 0 Å². The van der Waals surface area contributed by atoms with E-state index >= 15 is 0 Å². The second-order valence-corrected chi connectivity index (χ2v) is 4.81. The van der Waals surface area contributed by atoms with E-state index in [1.807, 2.05) is 17.8 Å². The third kappa shape index (κ3) is 1.66. The van der Waals surface area contributed by atoms with Crippen molar-refractivity contribution in [3.05, 3.63) is 11.9 Å². The molecule has 0 aromatic carbocycles. The van der Waals surface area contributed by atoms with Gasteiger partial charge in [-0.3, -0.25) is 0 Å². The Labute approximate surface area is 84.7 Å². The molecule has 1 aromatic rings. The van der Waals surface area contributed by atoms with Crippen LogP contribution in [-0.2, 0) is 0 Å². The molecule has 1 unspecified atom stereocenters. The van der Waals surface area contributed by atoms with E-state index in [-0.39, 0.29) is 5.41 Å². The van der Waals surface area contributed by atoms with E-state index in [0.717, 1.165) is 25.2 Å². The summed E-state index contributed by atoms with van der Waals surface area (Å²) in [5.74, 6) is 0. The van der Waals surface area contributed by atoms with Gasteiger partial charge in [-0.15, -0.1) is 5.10 Å². The number of nitrogens with one attached hydrogen (secondary N) is 1. The molecule has 1 saturated heterocycles. The maximum Gasteiger partial charge on any atom is 0.0796 e. The van der Waals surface area contributed by atoms with E-state index in [0.29, 0.717) is 6.04 Å². The van der Waals surface area contributed by atoms with Crippen LogP contribution in [-0.4, -0.2) is 28.1 Å². The highest BCUT2D eigenvalue weighted by Gasteiger charge is 2.34. The average molecular weight is 194 g/mol. The van der Waals surface area contributed by atoms with Crippen LogP contribution in [0.2, 0.25) is 0 Å². The molecule has 1 aromatic heterocycles. The summed E-state index contributed by atoms with van der Waals surface area (Å²) >= 11 is 0. The van der Waals surface area contributed by atoms with Gasteiger partial charge in [0, 0.05) is 12.7 Å². The molecule has 0 bridgehead atoms. The molecule has 14 heavy (non-hydrogen) atoms. The summed E-state index contributed by atoms with van der Waals surface area (Å²) in [6, 6.07) is 0.477. The first kappa shape index (κ1) is 9.65. The number of hydrogen-bond donors (Lipinski definition) is 1. The van der Waals surface area contributed by atoms with Gasteiger partial charge in [0.05, 0.1) is 11.7 Å². The maximum absolute atomic E-state index is 4.17. The molecule has 0 amide bonds. The van der Waals surface area contributed by atoms with Crippen molar-refractivity contribution in [1.29, 1.82) is 0 Å². The largest absolute Gasteiger partial charge is 0.316 e. The molecular weight excluding hydrogens is 176 g/mol. The van der Waals surface area contributed by atoms with Crippen LogP contribution < -0.4 is 5.32 Å². The van der Waals surface area contributed by atoms with E-state index in [9.17, 15) is 0 Å². The number of nitrogens with zero attached hydrogens (tertiary/aromatic N) is 3. The molecule has 1 atom stereocenters. The second-order valence-electron chi connectivity index (χ2n) is 4.81. The minimum atomic E-state index is 0.262. The van der Waals surface area contributed by atoms with Crippen LogP contribution in [0.15, 0.2) is 6.20 Å². The first-order chi connectivity index (χ1) is 6.59.